The summed E-state index contributed by atoms with van der Waals surface area (Å²) in [5.41, 5.74) is 0.937. The molecule has 0 aliphatic rings. The summed E-state index contributed by atoms with van der Waals surface area (Å²) < 4.78 is 5.36. The van der Waals surface area contributed by atoms with Gasteiger partial charge in [-0.25, -0.2) is 0 Å². The predicted octanol–water partition coefficient (Wildman–Crippen LogP) is 4.68. The third kappa shape index (κ3) is 8.41. The lowest BCUT2D eigenvalue weighted by atomic mass is 9.96. The summed E-state index contributed by atoms with van der Waals surface area (Å²) >= 11 is 0. The number of carbonyl (C=O) groups is 1. The van der Waals surface area contributed by atoms with Gasteiger partial charge in [-0.2, -0.15) is 0 Å². The fraction of sp³-hybridized carbons (Fsp3) is 0.588. The zero-order valence-corrected chi connectivity index (χ0v) is 12.7. The van der Waals surface area contributed by atoms with Gasteiger partial charge in [0.15, 0.2) is 0 Å². The van der Waals surface area contributed by atoms with E-state index in [1.807, 2.05) is 19.1 Å². The Hall–Kier alpha value is -1.31. The van der Waals surface area contributed by atoms with Crippen LogP contribution in [-0.2, 0) is 9.53 Å². The van der Waals surface area contributed by atoms with E-state index in [0.717, 1.165) is 31.3 Å². The first-order valence-corrected chi connectivity index (χ1v) is 7.14. The van der Waals surface area contributed by atoms with Gasteiger partial charge in [0, 0.05) is 0 Å². The summed E-state index contributed by atoms with van der Waals surface area (Å²) in [7, 11) is 0. The normalized spacial score (nSPS) is 13.2. The molecular formula is C17H28O2. The van der Waals surface area contributed by atoms with Crippen molar-refractivity contribution in [2.75, 3.05) is 6.61 Å². The Balaban J connectivity index is 4.25. The van der Waals surface area contributed by atoms with Gasteiger partial charge >= 0.3 is 5.97 Å². The number of rotatable bonds is 10. The largest absolute Gasteiger partial charge is 0.461 e. The average molecular weight is 264 g/mol. The van der Waals surface area contributed by atoms with Crippen molar-refractivity contribution in [3.05, 3.63) is 37.0 Å². The quantitative estimate of drug-likeness (QED) is 0.325. The Morgan fingerprint density at radius 1 is 1.26 bits per heavy atom. The zero-order chi connectivity index (χ0) is 14.7. The molecule has 0 aliphatic heterocycles. The molecule has 0 aliphatic carbocycles. The molecule has 1 unspecified atom stereocenters. The maximum absolute atomic E-state index is 12.0. The van der Waals surface area contributed by atoms with E-state index in [-0.39, 0.29) is 11.9 Å². The summed E-state index contributed by atoms with van der Waals surface area (Å²) in [6, 6.07) is 0. The van der Waals surface area contributed by atoms with Crippen LogP contribution >= 0.6 is 0 Å². The summed E-state index contributed by atoms with van der Waals surface area (Å²) in [4.78, 5) is 12.0. The fourth-order valence-electron chi connectivity index (χ4n) is 1.73. The molecule has 0 fully saturated rings. The molecule has 0 amide bonds. The molecule has 0 aromatic rings. The Morgan fingerprint density at radius 2 is 1.95 bits per heavy atom. The molecule has 0 aromatic carbocycles. The second kappa shape index (κ2) is 10.6. The van der Waals surface area contributed by atoms with Gasteiger partial charge in [-0.1, -0.05) is 52.0 Å². The second-order valence-corrected chi connectivity index (χ2v) is 5.19. The van der Waals surface area contributed by atoms with Gasteiger partial charge < -0.3 is 4.74 Å². The van der Waals surface area contributed by atoms with E-state index in [9.17, 15) is 4.79 Å². The van der Waals surface area contributed by atoms with Gasteiger partial charge in [-0.05, 0) is 30.8 Å². The lowest BCUT2D eigenvalue weighted by molar-refractivity contribution is -0.147. The molecule has 1 atom stereocenters. The topological polar surface area (TPSA) is 26.3 Å². The van der Waals surface area contributed by atoms with Crippen molar-refractivity contribution in [1.29, 1.82) is 0 Å². The van der Waals surface area contributed by atoms with E-state index in [1.165, 1.54) is 0 Å². The van der Waals surface area contributed by atoms with E-state index in [1.54, 1.807) is 6.08 Å². The average Bonchev–Trinajstić information content (AvgIpc) is 2.39. The number of hydrogen-bond acceptors (Lipinski definition) is 2. The van der Waals surface area contributed by atoms with Crippen molar-refractivity contribution in [2.24, 2.45) is 11.8 Å². The molecule has 0 radical (unpaired) electrons. The maximum Gasteiger partial charge on any atom is 0.309 e. The minimum atomic E-state index is -0.0884. The van der Waals surface area contributed by atoms with Gasteiger partial charge in [0.25, 0.3) is 0 Å². The molecule has 0 bridgehead atoms. The standard InChI is InChI=1S/C17H28O2/c1-6-9-10-15(7-2)13-19-17(18)16(8-3)12-11-14(4)5/h6-7,10,14,16H,1-2,8-9,11-13H2,3-5H3/b15-10+. The molecule has 2 heteroatoms. The first-order valence-electron chi connectivity index (χ1n) is 7.14. The number of esters is 1. The van der Waals surface area contributed by atoms with Crippen LogP contribution in [0, 0.1) is 11.8 Å². The lowest BCUT2D eigenvalue weighted by Crippen LogP contribution is -2.18. The monoisotopic (exact) mass is 264 g/mol. The number of hydrogen-bond donors (Lipinski definition) is 0. The van der Waals surface area contributed by atoms with Crippen LogP contribution in [0.1, 0.15) is 46.5 Å². The van der Waals surface area contributed by atoms with E-state index in [0.29, 0.717) is 12.5 Å². The lowest BCUT2D eigenvalue weighted by Gasteiger charge is -2.15. The SMILES string of the molecule is C=CC/C=C(\C=C)COC(=O)C(CC)CCC(C)C. The number of ether oxygens (including phenoxy) is 1. The molecule has 0 saturated heterocycles. The van der Waals surface area contributed by atoms with Gasteiger partial charge in [0.1, 0.15) is 6.61 Å². The minimum absolute atomic E-state index is 0.0212. The van der Waals surface area contributed by atoms with Crippen molar-refractivity contribution in [2.45, 2.75) is 46.5 Å². The molecule has 0 N–H and O–H groups in total. The third-order valence-corrected chi connectivity index (χ3v) is 3.11. The molecule has 0 saturated carbocycles. The second-order valence-electron chi connectivity index (χ2n) is 5.19. The van der Waals surface area contributed by atoms with Crippen LogP contribution in [0.2, 0.25) is 0 Å². The van der Waals surface area contributed by atoms with Gasteiger partial charge in [-0.15, -0.1) is 6.58 Å². The smallest absolute Gasteiger partial charge is 0.309 e. The van der Waals surface area contributed by atoms with E-state index in [2.05, 4.69) is 27.0 Å². The molecule has 0 spiro atoms. The van der Waals surface area contributed by atoms with Crippen molar-refractivity contribution in [1.82, 2.24) is 0 Å². The summed E-state index contributed by atoms with van der Waals surface area (Å²) in [6.45, 7) is 14.1. The molecule has 108 valence electrons. The molecule has 2 nitrogen and oxygen atoms in total. The highest BCUT2D eigenvalue weighted by atomic mass is 16.5. The molecule has 0 aromatic heterocycles. The van der Waals surface area contributed by atoms with E-state index in [4.69, 9.17) is 4.74 Å². The Labute approximate surface area is 118 Å². The maximum atomic E-state index is 12.0. The number of carbonyl (C=O) groups excluding carboxylic acids is 1. The summed E-state index contributed by atoms with van der Waals surface area (Å²) in [5, 5.41) is 0. The van der Waals surface area contributed by atoms with Crippen molar-refractivity contribution in [3.63, 3.8) is 0 Å². The van der Waals surface area contributed by atoms with E-state index >= 15 is 0 Å². The van der Waals surface area contributed by atoms with Crippen LogP contribution < -0.4 is 0 Å². The Morgan fingerprint density at radius 3 is 2.42 bits per heavy atom. The van der Waals surface area contributed by atoms with Gasteiger partial charge in [0.05, 0.1) is 5.92 Å². The van der Waals surface area contributed by atoms with Crippen molar-refractivity contribution < 1.29 is 9.53 Å². The summed E-state index contributed by atoms with van der Waals surface area (Å²) in [6.07, 6.45) is 9.09. The molecule has 0 rings (SSSR count). The van der Waals surface area contributed by atoms with Gasteiger partial charge in [0.2, 0.25) is 0 Å². The zero-order valence-electron chi connectivity index (χ0n) is 12.7. The van der Waals surface area contributed by atoms with Crippen LogP contribution in [0.25, 0.3) is 0 Å². The van der Waals surface area contributed by atoms with Crippen LogP contribution in [0.4, 0.5) is 0 Å². The highest BCUT2D eigenvalue weighted by Crippen LogP contribution is 2.17. The van der Waals surface area contributed by atoms with Crippen LogP contribution in [0.15, 0.2) is 37.0 Å². The predicted molar refractivity (Wildman–Crippen MR) is 81.9 cm³/mol. The molecule has 0 heterocycles. The highest BCUT2D eigenvalue weighted by Gasteiger charge is 2.18. The Kier molecular flexibility index (Phi) is 9.87. The fourth-order valence-corrected chi connectivity index (χ4v) is 1.73. The summed E-state index contributed by atoms with van der Waals surface area (Å²) in [5.74, 6) is 0.556. The third-order valence-electron chi connectivity index (χ3n) is 3.11. The first-order chi connectivity index (χ1) is 9.04. The molecular weight excluding hydrogens is 236 g/mol. The van der Waals surface area contributed by atoms with Crippen molar-refractivity contribution >= 4 is 5.97 Å². The van der Waals surface area contributed by atoms with Crippen LogP contribution in [0.5, 0.6) is 0 Å². The molecule has 19 heavy (non-hydrogen) atoms. The number of allylic oxidation sites excluding steroid dienone is 2. The first kappa shape index (κ1) is 17.7. The van der Waals surface area contributed by atoms with Crippen LogP contribution in [0.3, 0.4) is 0 Å². The van der Waals surface area contributed by atoms with E-state index < -0.39 is 0 Å². The van der Waals surface area contributed by atoms with Crippen molar-refractivity contribution in [3.8, 4) is 0 Å². The van der Waals surface area contributed by atoms with Gasteiger partial charge in [-0.3, -0.25) is 4.79 Å². The minimum Gasteiger partial charge on any atom is -0.461 e. The Bertz CT molecular complexity index is 313. The van der Waals surface area contributed by atoms with Crippen LogP contribution in [-0.4, -0.2) is 12.6 Å². The highest BCUT2D eigenvalue weighted by molar-refractivity contribution is 5.72.